The smallest absolute Gasteiger partial charge is 0.0174 e. The maximum absolute atomic E-state index is 5.95. The van der Waals surface area contributed by atoms with E-state index in [-0.39, 0.29) is 5.41 Å². The van der Waals surface area contributed by atoms with Gasteiger partial charge in [0.15, 0.2) is 0 Å². The highest BCUT2D eigenvalue weighted by molar-refractivity contribution is 5.27. The van der Waals surface area contributed by atoms with Gasteiger partial charge in [-0.1, -0.05) is 57.3 Å². The highest BCUT2D eigenvalue weighted by Gasteiger charge is 2.25. The summed E-state index contributed by atoms with van der Waals surface area (Å²) in [6, 6.07) is 0. The Morgan fingerprint density at radius 3 is 2.47 bits per heavy atom. The van der Waals surface area contributed by atoms with E-state index in [1.165, 1.54) is 44.1 Å². The molecule has 1 unspecified atom stereocenters. The predicted molar refractivity (Wildman–Crippen MR) is 75.8 cm³/mol. The predicted octanol–water partition coefficient (Wildman–Crippen LogP) is 3.14. The number of unbranched alkanes of at least 4 members (excludes halogenated alkanes) is 4. The van der Waals surface area contributed by atoms with Gasteiger partial charge in [0.2, 0.25) is 0 Å². The SMILES string of the molecule is CCCCCCCC1(CN)C=CC(CN)=CC1. The van der Waals surface area contributed by atoms with E-state index >= 15 is 0 Å². The Kier molecular flexibility index (Phi) is 6.53. The minimum absolute atomic E-state index is 0.213. The Morgan fingerprint density at radius 2 is 1.94 bits per heavy atom. The Hall–Kier alpha value is -0.600. The van der Waals surface area contributed by atoms with Crippen molar-refractivity contribution in [3.05, 3.63) is 23.8 Å². The molecular weight excluding hydrogens is 208 g/mol. The maximum Gasteiger partial charge on any atom is 0.0174 e. The van der Waals surface area contributed by atoms with E-state index in [1.807, 2.05) is 0 Å². The molecule has 0 amide bonds. The molecule has 0 aromatic rings. The Bertz CT molecular complexity index is 268. The first kappa shape index (κ1) is 14.5. The van der Waals surface area contributed by atoms with E-state index in [0.717, 1.165) is 13.0 Å². The van der Waals surface area contributed by atoms with Crippen LogP contribution in [0.1, 0.15) is 51.9 Å². The summed E-state index contributed by atoms with van der Waals surface area (Å²) in [6.07, 6.45) is 15.7. The highest BCUT2D eigenvalue weighted by Crippen LogP contribution is 2.34. The standard InChI is InChI=1S/C15H28N2/c1-2-3-4-5-6-9-15(13-17)10-7-14(12-16)8-11-15/h7-8,10H,2-6,9,11-13,16-17H2,1H3. The zero-order chi connectivity index (χ0) is 12.6. The molecule has 17 heavy (non-hydrogen) atoms. The molecule has 2 heteroatoms. The summed E-state index contributed by atoms with van der Waals surface area (Å²) in [5, 5.41) is 0. The molecule has 2 nitrogen and oxygen atoms in total. The van der Waals surface area contributed by atoms with Crippen LogP contribution in [0.2, 0.25) is 0 Å². The second kappa shape index (κ2) is 7.67. The first-order valence-corrected chi connectivity index (χ1v) is 7.05. The van der Waals surface area contributed by atoms with Gasteiger partial charge in [0.05, 0.1) is 0 Å². The van der Waals surface area contributed by atoms with Gasteiger partial charge >= 0.3 is 0 Å². The van der Waals surface area contributed by atoms with Crippen LogP contribution in [-0.4, -0.2) is 13.1 Å². The van der Waals surface area contributed by atoms with Crippen molar-refractivity contribution in [2.75, 3.05) is 13.1 Å². The van der Waals surface area contributed by atoms with Crippen LogP contribution in [0.25, 0.3) is 0 Å². The van der Waals surface area contributed by atoms with Crippen LogP contribution in [0.4, 0.5) is 0 Å². The maximum atomic E-state index is 5.95. The number of hydrogen-bond donors (Lipinski definition) is 2. The topological polar surface area (TPSA) is 52.0 Å². The number of nitrogens with two attached hydrogens (primary N) is 2. The third kappa shape index (κ3) is 4.64. The molecule has 4 N–H and O–H groups in total. The molecule has 1 aliphatic carbocycles. The molecule has 98 valence electrons. The third-order valence-corrected chi connectivity index (χ3v) is 3.84. The van der Waals surface area contributed by atoms with Crippen LogP contribution in [0.5, 0.6) is 0 Å². The summed E-state index contributed by atoms with van der Waals surface area (Å²) in [7, 11) is 0. The van der Waals surface area contributed by atoms with Crippen molar-refractivity contribution in [1.29, 1.82) is 0 Å². The normalized spacial score (nSPS) is 23.8. The van der Waals surface area contributed by atoms with Crippen LogP contribution < -0.4 is 11.5 Å². The average Bonchev–Trinajstić information content (AvgIpc) is 2.39. The third-order valence-electron chi connectivity index (χ3n) is 3.84. The van der Waals surface area contributed by atoms with Gasteiger partial charge in [-0.25, -0.2) is 0 Å². The molecule has 0 saturated carbocycles. The molecule has 1 atom stereocenters. The van der Waals surface area contributed by atoms with Gasteiger partial charge in [-0.2, -0.15) is 0 Å². The summed E-state index contributed by atoms with van der Waals surface area (Å²) >= 11 is 0. The van der Waals surface area contributed by atoms with Crippen molar-refractivity contribution in [3.63, 3.8) is 0 Å². The molecule has 0 aromatic carbocycles. The second-order valence-corrected chi connectivity index (χ2v) is 5.25. The van der Waals surface area contributed by atoms with E-state index in [0.29, 0.717) is 6.54 Å². The van der Waals surface area contributed by atoms with Crippen molar-refractivity contribution in [1.82, 2.24) is 0 Å². The largest absolute Gasteiger partial charge is 0.330 e. The summed E-state index contributed by atoms with van der Waals surface area (Å²) in [6.45, 7) is 3.66. The van der Waals surface area contributed by atoms with Crippen molar-refractivity contribution in [2.24, 2.45) is 16.9 Å². The molecule has 1 rings (SSSR count). The summed E-state index contributed by atoms with van der Waals surface area (Å²) in [4.78, 5) is 0. The van der Waals surface area contributed by atoms with Gasteiger partial charge in [0.25, 0.3) is 0 Å². The molecule has 0 bridgehead atoms. The van der Waals surface area contributed by atoms with E-state index < -0.39 is 0 Å². The summed E-state index contributed by atoms with van der Waals surface area (Å²) < 4.78 is 0. The first-order valence-electron chi connectivity index (χ1n) is 7.05. The molecule has 1 aliphatic rings. The lowest BCUT2D eigenvalue weighted by atomic mass is 9.76. The molecule has 0 fully saturated rings. The minimum atomic E-state index is 0.213. The number of hydrogen-bond acceptors (Lipinski definition) is 2. The molecule has 0 aliphatic heterocycles. The highest BCUT2D eigenvalue weighted by atomic mass is 14.6. The van der Waals surface area contributed by atoms with Crippen molar-refractivity contribution >= 4 is 0 Å². The van der Waals surface area contributed by atoms with E-state index in [4.69, 9.17) is 11.5 Å². The van der Waals surface area contributed by atoms with Gasteiger partial charge in [0, 0.05) is 18.5 Å². The fraction of sp³-hybridized carbons (Fsp3) is 0.733. The summed E-state index contributed by atoms with van der Waals surface area (Å²) in [5.74, 6) is 0. The van der Waals surface area contributed by atoms with E-state index in [9.17, 15) is 0 Å². The lowest BCUT2D eigenvalue weighted by molar-refractivity contribution is 0.343. The van der Waals surface area contributed by atoms with Crippen LogP contribution in [0.3, 0.4) is 0 Å². The van der Waals surface area contributed by atoms with Crippen LogP contribution in [0.15, 0.2) is 23.8 Å². The lowest BCUT2D eigenvalue weighted by Gasteiger charge is -2.31. The lowest BCUT2D eigenvalue weighted by Crippen LogP contribution is -2.29. The van der Waals surface area contributed by atoms with Gasteiger partial charge in [-0.3, -0.25) is 0 Å². The average molecular weight is 236 g/mol. The molecular formula is C15H28N2. The number of allylic oxidation sites excluding steroid dienone is 1. The van der Waals surface area contributed by atoms with Crippen molar-refractivity contribution < 1.29 is 0 Å². The monoisotopic (exact) mass is 236 g/mol. The zero-order valence-corrected chi connectivity index (χ0v) is 11.3. The first-order chi connectivity index (χ1) is 8.26. The molecule has 0 radical (unpaired) electrons. The van der Waals surface area contributed by atoms with Crippen molar-refractivity contribution in [2.45, 2.75) is 51.9 Å². The zero-order valence-electron chi connectivity index (χ0n) is 11.3. The quantitative estimate of drug-likeness (QED) is 0.636. The minimum Gasteiger partial charge on any atom is -0.330 e. The van der Waals surface area contributed by atoms with Gasteiger partial charge in [-0.05, 0) is 18.4 Å². The summed E-state index contributed by atoms with van der Waals surface area (Å²) in [5.41, 5.74) is 13.1. The molecule has 0 heterocycles. The van der Waals surface area contributed by atoms with E-state index in [2.05, 4.69) is 25.2 Å². The van der Waals surface area contributed by atoms with Gasteiger partial charge < -0.3 is 11.5 Å². The molecule has 0 aromatic heterocycles. The second-order valence-electron chi connectivity index (χ2n) is 5.25. The molecule has 0 saturated heterocycles. The van der Waals surface area contributed by atoms with Crippen molar-refractivity contribution in [3.8, 4) is 0 Å². The molecule has 0 spiro atoms. The Morgan fingerprint density at radius 1 is 1.18 bits per heavy atom. The number of rotatable bonds is 8. The van der Waals surface area contributed by atoms with Gasteiger partial charge in [0.1, 0.15) is 0 Å². The Labute approximate surface area is 106 Å². The van der Waals surface area contributed by atoms with Gasteiger partial charge in [-0.15, -0.1) is 0 Å². The van der Waals surface area contributed by atoms with Crippen LogP contribution in [-0.2, 0) is 0 Å². The van der Waals surface area contributed by atoms with Crippen LogP contribution >= 0.6 is 0 Å². The Balaban J connectivity index is 2.34. The van der Waals surface area contributed by atoms with E-state index in [1.54, 1.807) is 0 Å². The fourth-order valence-corrected chi connectivity index (χ4v) is 2.43. The van der Waals surface area contributed by atoms with Crippen LogP contribution in [0, 0.1) is 5.41 Å². The fourth-order valence-electron chi connectivity index (χ4n) is 2.43.